The Morgan fingerprint density at radius 3 is 3.33 bits per heavy atom. The molecule has 0 spiro atoms. The molecule has 1 aliphatic rings. The second kappa shape index (κ2) is 3.40. The van der Waals surface area contributed by atoms with E-state index in [2.05, 4.69) is 9.97 Å². The minimum Gasteiger partial charge on any atom is -0.396 e. The number of aliphatic hydroxyl groups is 1. The summed E-state index contributed by atoms with van der Waals surface area (Å²) in [5.41, 5.74) is 0.406. The largest absolute Gasteiger partial charge is 0.396 e. The molecule has 0 aliphatic heterocycles. The lowest BCUT2D eigenvalue weighted by Crippen LogP contribution is -1.99. The highest BCUT2D eigenvalue weighted by Gasteiger charge is 2.28. The van der Waals surface area contributed by atoms with Crippen LogP contribution in [0.4, 0.5) is 0 Å². The molecule has 0 amide bonds. The van der Waals surface area contributed by atoms with Crippen molar-refractivity contribution >= 4 is 33.2 Å². The average Bonchev–Trinajstić information content (AvgIpc) is 2.76. The van der Waals surface area contributed by atoms with E-state index in [1.165, 1.54) is 6.33 Å². The van der Waals surface area contributed by atoms with Crippen molar-refractivity contribution in [2.45, 2.75) is 18.7 Å². The van der Waals surface area contributed by atoms with Crippen LogP contribution >= 0.6 is 22.9 Å². The monoisotopic (exact) mass is 244 g/mol. The second-order valence-corrected chi connectivity index (χ2v) is 4.55. The summed E-state index contributed by atoms with van der Waals surface area (Å²) in [6.45, 7) is -0.490. The molecule has 3 nitrogen and oxygen atoms in total. The van der Waals surface area contributed by atoms with E-state index in [4.69, 9.17) is 17.1 Å². The van der Waals surface area contributed by atoms with E-state index < -0.39 is 25.3 Å². The van der Waals surface area contributed by atoms with Gasteiger partial charge in [-0.1, -0.05) is 11.6 Å². The maximum atomic E-state index is 9.46. The zero-order valence-electron chi connectivity index (χ0n) is 11.5. The Labute approximate surface area is 101 Å². The number of nitrogens with zero attached hydrogens (tertiary/aromatic N) is 2. The van der Waals surface area contributed by atoms with Gasteiger partial charge in [0.2, 0.25) is 0 Å². The molecule has 1 atom stereocenters. The van der Waals surface area contributed by atoms with E-state index in [0.29, 0.717) is 15.8 Å². The predicted octanol–water partition coefficient (Wildman–Crippen LogP) is 2.37. The van der Waals surface area contributed by atoms with Crippen LogP contribution in [0.15, 0.2) is 6.33 Å². The first-order valence-corrected chi connectivity index (χ1v) is 5.56. The molecule has 15 heavy (non-hydrogen) atoms. The lowest BCUT2D eigenvalue weighted by atomic mass is 10.0. The zero-order chi connectivity index (χ0) is 14.0. The number of aryl methyl sites for hydroxylation is 1. The van der Waals surface area contributed by atoms with Crippen molar-refractivity contribution < 1.29 is 10.6 Å². The van der Waals surface area contributed by atoms with E-state index in [1.54, 1.807) is 0 Å². The van der Waals surface area contributed by atoms with Crippen LogP contribution < -0.4 is 0 Å². The lowest BCUT2D eigenvalue weighted by Gasteiger charge is -2.06. The molecule has 5 heteroatoms. The molecule has 0 fully saturated rings. The van der Waals surface area contributed by atoms with Crippen LogP contribution in [0.1, 0.15) is 28.2 Å². The maximum Gasteiger partial charge on any atom is 0.141 e. The molecule has 0 saturated heterocycles. The van der Waals surface area contributed by atoms with E-state index >= 15 is 0 Å². The molecule has 3 rings (SSSR count). The molecule has 1 N–H and O–H groups in total. The number of hydrogen-bond acceptors (Lipinski definition) is 4. The topological polar surface area (TPSA) is 46.0 Å². The Morgan fingerprint density at radius 1 is 1.67 bits per heavy atom. The Hall–Kier alpha value is -0.710. The van der Waals surface area contributed by atoms with Gasteiger partial charge in [-0.05, 0) is 18.3 Å². The van der Waals surface area contributed by atoms with Crippen LogP contribution in [0.25, 0.3) is 10.2 Å². The van der Waals surface area contributed by atoms with Gasteiger partial charge in [-0.25, -0.2) is 9.97 Å². The molecule has 2 aromatic rings. The number of aromatic nitrogens is 2. The molecule has 0 bridgehead atoms. The van der Waals surface area contributed by atoms with Crippen LogP contribution in [0, 0.1) is 0 Å². The number of fused-ring (bicyclic) bond motifs is 3. The van der Waals surface area contributed by atoms with E-state index in [1.807, 2.05) is 0 Å². The number of thiophene rings is 1. The molecule has 0 aromatic carbocycles. The van der Waals surface area contributed by atoms with Gasteiger partial charge in [0.05, 0.1) is 12.0 Å². The summed E-state index contributed by atoms with van der Waals surface area (Å²) in [4.78, 5) is 8.66. The van der Waals surface area contributed by atoms with Crippen molar-refractivity contribution in [1.29, 1.82) is 0 Å². The Balaban J connectivity index is 2.42. The third kappa shape index (κ3) is 1.29. The van der Waals surface area contributed by atoms with Crippen LogP contribution in [0.3, 0.4) is 0 Å². The van der Waals surface area contributed by atoms with Gasteiger partial charge in [-0.2, -0.15) is 0 Å². The lowest BCUT2D eigenvalue weighted by molar-refractivity contribution is 0.265. The van der Waals surface area contributed by atoms with E-state index in [-0.39, 0.29) is 10.0 Å². The highest BCUT2D eigenvalue weighted by molar-refractivity contribution is 7.19. The van der Waals surface area contributed by atoms with Crippen LogP contribution in [0.5, 0.6) is 0 Å². The van der Waals surface area contributed by atoms with Gasteiger partial charge in [-0.15, -0.1) is 11.3 Å². The Bertz CT molecular complexity index is 675. The van der Waals surface area contributed by atoms with Crippen molar-refractivity contribution in [2.24, 2.45) is 0 Å². The van der Waals surface area contributed by atoms with Gasteiger partial charge in [0, 0.05) is 16.3 Å². The summed E-state index contributed by atoms with van der Waals surface area (Å²) in [6.07, 6.45) is -3.07. The van der Waals surface area contributed by atoms with Crippen molar-refractivity contribution in [3.8, 4) is 0 Å². The fourth-order valence-electron chi connectivity index (χ4n) is 1.71. The predicted molar refractivity (Wildman–Crippen MR) is 60.6 cm³/mol. The first-order chi connectivity index (χ1) is 8.82. The molecule has 0 saturated carbocycles. The van der Waals surface area contributed by atoms with Gasteiger partial charge < -0.3 is 5.11 Å². The minimum atomic E-state index is -2.18. The highest BCUT2D eigenvalue weighted by atomic mass is 35.5. The fraction of sp³-hybridized carbons (Fsp3) is 0.400. The van der Waals surface area contributed by atoms with Crippen LogP contribution in [0.2, 0.25) is 5.15 Å². The number of rotatable bonds is 1. The van der Waals surface area contributed by atoms with Gasteiger partial charge >= 0.3 is 0 Å². The molecule has 1 unspecified atom stereocenters. The SMILES string of the molecule is [2H]C1([2H])c2sc3ncnc(Cl)c3c2C(CO)C1([2H])[2H]. The third-order valence-electron chi connectivity index (χ3n) is 2.37. The van der Waals surface area contributed by atoms with Crippen LogP contribution in [-0.2, 0) is 6.37 Å². The van der Waals surface area contributed by atoms with Crippen molar-refractivity contribution in [1.82, 2.24) is 9.97 Å². The molecule has 78 valence electrons. The molecular formula is C10H9ClN2OS. The normalized spacial score (nSPS) is 30.4. The number of halogens is 1. The Kier molecular flexibility index (Phi) is 1.39. The van der Waals surface area contributed by atoms with E-state index in [9.17, 15) is 5.11 Å². The summed E-state index contributed by atoms with van der Waals surface area (Å²) < 4.78 is 31.9. The highest BCUT2D eigenvalue weighted by Crippen LogP contribution is 2.44. The van der Waals surface area contributed by atoms with Gasteiger partial charge in [-0.3, -0.25) is 0 Å². The smallest absolute Gasteiger partial charge is 0.141 e. The number of aliphatic hydroxyl groups excluding tert-OH is 1. The maximum absolute atomic E-state index is 9.46. The third-order valence-corrected chi connectivity index (χ3v) is 3.69. The standard InChI is InChI=1S/C10H9ClN2OS/c11-9-8-7-5(3-14)1-2-6(7)15-10(8)13-4-12-9/h4-5,14H,1-3H2/i1D2,2D2. The summed E-state index contributed by atoms with van der Waals surface area (Å²) in [6, 6.07) is 0. The van der Waals surface area contributed by atoms with Crippen molar-refractivity contribution in [3.05, 3.63) is 21.9 Å². The van der Waals surface area contributed by atoms with Crippen molar-refractivity contribution in [2.75, 3.05) is 6.61 Å². The zero-order valence-corrected chi connectivity index (χ0v) is 9.06. The fourth-order valence-corrected chi connectivity index (χ4v) is 3.06. The van der Waals surface area contributed by atoms with E-state index in [0.717, 1.165) is 11.3 Å². The molecule has 0 radical (unpaired) electrons. The minimum absolute atomic E-state index is 0.162. The average molecular weight is 245 g/mol. The molecule has 2 heterocycles. The summed E-state index contributed by atoms with van der Waals surface area (Å²) in [5.74, 6) is -0.963. The number of hydrogen-bond donors (Lipinski definition) is 1. The molecule has 1 aliphatic carbocycles. The molecule has 2 aromatic heterocycles. The summed E-state index contributed by atoms with van der Waals surface area (Å²) in [7, 11) is 0. The first-order valence-electron chi connectivity index (χ1n) is 6.36. The summed E-state index contributed by atoms with van der Waals surface area (Å²) in [5, 5.41) is 10.1. The first kappa shape index (κ1) is 6.13. The molecular weight excluding hydrogens is 232 g/mol. The quantitative estimate of drug-likeness (QED) is 0.784. The summed E-state index contributed by atoms with van der Waals surface area (Å²) >= 11 is 7.09. The van der Waals surface area contributed by atoms with Gasteiger partial charge in [0.25, 0.3) is 0 Å². The van der Waals surface area contributed by atoms with Crippen molar-refractivity contribution in [3.63, 3.8) is 0 Å². The van der Waals surface area contributed by atoms with Gasteiger partial charge in [0.1, 0.15) is 16.3 Å². The van der Waals surface area contributed by atoms with Gasteiger partial charge in [0.15, 0.2) is 0 Å². The second-order valence-electron chi connectivity index (χ2n) is 3.19. The Morgan fingerprint density at radius 2 is 2.53 bits per heavy atom. The van der Waals surface area contributed by atoms with Crippen LogP contribution in [-0.4, -0.2) is 21.7 Å².